The van der Waals surface area contributed by atoms with Crippen LogP contribution >= 0.6 is 0 Å². The lowest BCUT2D eigenvalue weighted by Gasteiger charge is -2.74. The predicted octanol–water partition coefficient (Wildman–Crippen LogP) is 9.13. The quantitative estimate of drug-likeness (QED) is 0.0930. The molecule has 3 N–H and O–H groups in total. The highest BCUT2D eigenvalue weighted by Gasteiger charge is 2.72. The smallest absolute Gasteiger partial charge is 0.306 e. The summed E-state index contributed by atoms with van der Waals surface area (Å²) in [6.07, 6.45) is 16.2. The van der Waals surface area contributed by atoms with E-state index in [9.17, 15) is 14.5 Å². The van der Waals surface area contributed by atoms with Gasteiger partial charge in [-0.05, 0) is 155 Å². The summed E-state index contributed by atoms with van der Waals surface area (Å²) in [4.78, 5) is 35.8. The molecule has 11 atom stereocenters. The van der Waals surface area contributed by atoms with Crippen molar-refractivity contribution < 1.29 is 14.3 Å². The van der Waals surface area contributed by atoms with Crippen LogP contribution in [0, 0.1) is 61.6 Å². The van der Waals surface area contributed by atoms with Gasteiger partial charge in [-0.1, -0.05) is 60.1 Å². The van der Waals surface area contributed by atoms with Gasteiger partial charge in [-0.15, -0.1) is 4.91 Å². The molecule has 5 fully saturated rings. The van der Waals surface area contributed by atoms with Gasteiger partial charge >= 0.3 is 5.97 Å². The Balaban J connectivity index is 1.41. The fraction of sp³-hybridized carbons (Fsp3) is 0.902. The molecule has 0 bridgehead atoms. The number of allylic oxidation sites excluding steroid dienone is 1. The third-order valence-electron chi connectivity index (χ3n) is 16.2. The van der Waals surface area contributed by atoms with Crippen molar-refractivity contribution in [3.63, 3.8) is 0 Å². The van der Waals surface area contributed by atoms with Crippen LogP contribution in [-0.4, -0.2) is 37.1 Å². The molecule has 0 heterocycles. The van der Waals surface area contributed by atoms with Crippen molar-refractivity contribution in [2.24, 2.45) is 67.6 Å². The number of carbonyl (C=O) groups excluding carboxylic acids is 2. The van der Waals surface area contributed by atoms with Crippen LogP contribution in [0.4, 0.5) is 0 Å². The van der Waals surface area contributed by atoms with E-state index in [1.165, 1.54) is 56.9 Å². The van der Waals surface area contributed by atoms with Gasteiger partial charge in [0, 0.05) is 23.1 Å². The summed E-state index contributed by atoms with van der Waals surface area (Å²) in [6, 6.07) is 0. The fourth-order valence-corrected chi connectivity index (χ4v) is 13.7. The molecule has 5 rings (SSSR count). The van der Waals surface area contributed by atoms with Crippen LogP contribution in [0.5, 0.6) is 0 Å². The molecule has 5 aliphatic rings. The van der Waals surface area contributed by atoms with E-state index >= 15 is 0 Å². The minimum atomic E-state index is -0.722. The van der Waals surface area contributed by atoms with Crippen LogP contribution in [-0.2, 0) is 14.3 Å². The maximum atomic E-state index is 13.4. The molecule has 5 saturated carbocycles. The normalized spacial score (nSPS) is 43.7. The third kappa shape index (κ3) is 5.97. The molecule has 5 aliphatic carbocycles. The van der Waals surface area contributed by atoms with Crippen molar-refractivity contribution in [1.82, 2.24) is 5.32 Å². The molecule has 48 heavy (non-hydrogen) atoms. The molecule has 0 aromatic rings. The van der Waals surface area contributed by atoms with Crippen molar-refractivity contribution in [2.45, 2.75) is 163 Å². The fourth-order valence-electron chi connectivity index (χ4n) is 13.7. The first kappa shape index (κ1) is 37.7. The summed E-state index contributed by atoms with van der Waals surface area (Å²) >= 11 is 0. The maximum absolute atomic E-state index is 13.4. The second-order valence-electron chi connectivity index (χ2n) is 19.1. The second kappa shape index (κ2) is 13.5. The van der Waals surface area contributed by atoms with E-state index in [0.29, 0.717) is 17.3 Å². The van der Waals surface area contributed by atoms with Gasteiger partial charge in [0.05, 0.1) is 6.42 Å². The number of fused-ring (bicyclic) bond motifs is 7. The number of ether oxygens (including phenoxy) is 1. The van der Waals surface area contributed by atoms with Crippen LogP contribution in [0.1, 0.15) is 151 Å². The number of rotatable bonds is 12. The highest BCUT2D eigenvalue weighted by molar-refractivity contribution is 5.78. The molecule has 0 aromatic carbocycles. The summed E-state index contributed by atoms with van der Waals surface area (Å²) in [5.74, 6) is 1.75. The Hall–Kier alpha value is -1.60. The van der Waals surface area contributed by atoms with Gasteiger partial charge < -0.3 is 15.8 Å². The Morgan fingerprint density at radius 3 is 2.31 bits per heavy atom. The first-order chi connectivity index (χ1) is 22.5. The van der Waals surface area contributed by atoms with E-state index in [4.69, 9.17) is 10.5 Å². The summed E-state index contributed by atoms with van der Waals surface area (Å²) in [5, 5.41) is 5.97. The molecular weight excluding hydrogens is 598 g/mol. The Bertz CT molecular complexity index is 1250. The molecule has 7 heteroatoms. The topological polar surface area (TPSA) is 111 Å². The van der Waals surface area contributed by atoms with E-state index in [2.05, 4.69) is 58.7 Å². The lowest BCUT2D eigenvalue weighted by atomic mass is 9.31. The Morgan fingerprint density at radius 1 is 0.958 bits per heavy atom. The summed E-state index contributed by atoms with van der Waals surface area (Å²) in [7, 11) is 2.09. The first-order valence-corrected chi connectivity index (χ1v) is 19.6. The minimum absolute atomic E-state index is 0.0250. The Labute approximate surface area is 292 Å². The van der Waals surface area contributed by atoms with Gasteiger partial charge in [-0.25, -0.2) is 0 Å². The lowest BCUT2D eigenvalue weighted by molar-refractivity contribution is -0.245. The third-order valence-corrected chi connectivity index (χ3v) is 16.2. The van der Waals surface area contributed by atoms with Crippen molar-refractivity contribution in [3.05, 3.63) is 17.1 Å². The van der Waals surface area contributed by atoms with E-state index in [1.54, 1.807) is 0 Å². The molecule has 272 valence electrons. The molecule has 0 radical (unpaired) electrons. The molecule has 0 aliphatic heterocycles. The zero-order chi connectivity index (χ0) is 35.3. The zero-order valence-corrected chi connectivity index (χ0v) is 31.8. The van der Waals surface area contributed by atoms with Crippen molar-refractivity contribution in [1.29, 1.82) is 0 Å². The zero-order valence-electron chi connectivity index (χ0n) is 31.8. The van der Waals surface area contributed by atoms with Crippen LogP contribution in [0.3, 0.4) is 0 Å². The molecule has 1 amide bonds. The Kier molecular flexibility index (Phi) is 10.6. The highest BCUT2D eigenvalue weighted by atomic mass is 16.5. The Morgan fingerprint density at radius 2 is 1.67 bits per heavy atom. The number of carbonyl (C=O) groups is 2. The molecule has 0 spiro atoms. The van der Waals surface area contributed by atoms with Crippen molar-refractivity contribution >= 4 is 11.9 Å². The van der Waals surface area contributed by atoms with Crippen molar-refractivity contribution in [2.75, 3.05) is 13.6 Å². The van der Waals surface area contributed by atoms with Crippen LogP contribution in [0.25, 0.3) is 0 Å². The molecule has 0 aromatic heterocycles. The SMILES string of the molecule is C=C(C)[C@@H]1CC[C@]2(CCCNC)CC[C@]3(C)[C@H](CC[C@@H]4[C@@]5(C)CC[C@H](OC(=O)CC(C)(C)CC(=O)N=O)[C@H](CCC)[C@]5(N)CC[C@]43C)[C@@H]12. The van der Waals surface area contributed by atoms with Crippen molar-refractivity contribution in [3.8, 4) is 0 Å². The molecule has 7 nitrogen and oxygen atoms in total. The number of nitrogens with zero attached hydrogens (tertiary/aromatic N) is 1. The summed E-state index contributed by atoms with van der Waals surface area (Å²) in [5.41, 5.74) is 9.08. The number of nitrogens with two attached hydrogens (primary N) is 1. The molecular formula is C41H69N3O4. The van der Waals surface area contributed by atoms with E-state index in [1.807, 2.05) is 13.8 Å². The van der Waals surface area contributed by atoms with Gasteiger partial charge in [-0.3, -0.25) is 9.59 Å². The first-order valence-electron chi connectivity index (χ1n) is 19.6. The van der Waals surface area contributed by atoms with E-state index in [0.717, 1.165) is 56.9 Å². The molecule has 0 unspecified atom stereocenters. The van der Waals surface area contributed by atoms with Gasteiger partial charge in [0.25, 0.3) is 5.91 Å². The maximum Gasteiger partial charge on any atom is 0.306 e. The summed E-state index contributed by atoms with van der Waals surface area (Å²) in [6.45, 7) is 21.8. The van der Waals surface area contributed by atoms with Crippen LogP contribution in [0.2, 0.25) is 0 Å². The van der Waals surface area contributed by atoms with E-state index < -0.39 is 16.9 Å². The monoisotopic (exact) mass is 668 g/mol. The van der Waals surface area contributed by atoms with Crippen LogP contribution in [0.15, 0.2) is 17.3 Å². The average Bonchev–Trinajstić information content (AvgIpc) is 3.40. The van der Waals surface area contributed by atoms with Crippen LogP contribution < -0.4 is 11.1 Å². The number of nitroso groups, excluding NO2 is 1. The number of esters is 1. The minimum Gasteiger partial charge on any atom is -0.462 e. The lowest BCUT2D eigenvalue weighted by Crippen LogP contribution is -2.74. The highest BCUT2D eigenvalue weighted by Crippen LogP contribution is 2.77. The number of hydrogen-bond acceptors (Lipinski definition) is 6. The second-order valence-corrected chi connectivity index (χ2v) is 19.1. The van der Waals surface area contributed by atoms with E-state index in [-0.39, 0.29) is 47.1 Å². The predicted molar refractivity (Wildman–Crippen MR) is 194 cm³/mol. The van der Waals surface area contributed by atoms with Gasteiger partial charge in [0.15, 0.2) is 0 Å². The van der Waals surface area contributed by atoms with Gasteiger partial charge in [0.2, 0.25) is 0 Å². The van der Waals surface area contributed by atoms with Gasteiger partial charge in [-0.2, -0.15) is 0 Å². The number of nitrogens with one attached hydrogen (secondary N) is 1. The average molecular weight is 668 g/mol. The van der Waals surface area contributed by atoms with Gasteiger partial charge in [0.1, 0.15) is 6.10 Å². The standard InChI is InChI=1S/C41H69N3O4/c1-10-12-29-31(48-34(46)26-36(4,5)25-33(45)44-47)16-18-39(8)32-14-13-30-35-28(27(2)3)15-19-40(35,17-11-24-43-9)22-20-37(30,6)38(32,7)21-23-41(29,39)42/h28-32,35,43H,2,10-26,42H2,1,3-9H3/t28-,29-,30+,31-,32-,35+,37+,38+,39+,40+,41+/m0/s1. The number of amides is 1. The number of hydrogen-bond donors (Lipinski definition) is 2. The summed E-state index contributed by atoms with van der Waals surface area (Å²) < 4.78 is 6.31. The molecule has 0 saturated heterocycles. The largest absolute Gasteiger partial charge is 0.462 e.